The fourth-order valence-corrected chi connectivity index (χ4v) is 4.97. The molecule has 0 saturated heterocycles. The summed E-state index contributed by atoms with van der Waals surface area (Å²) in [5, 5.41) is 13.7. The Morgan fingerprint density at radius 3 is 2.30 bits per heavy atom. The smallest absolute Gasteiger partial charge is 0.252 e. The average molecular weight is 539 g/mol. The van der Waals surface area contributed by atoms with Crippen LogP contribution in [-0.4, -0.2) is 44.3 Å². The SMILES string of the molecule is CC[C@@H](c1nnnn1Cc1ccc(OC)cc1)N(Cc1ccc(C)cc1)Cc1cc2cc(OC)ccc2[nH]c1=O. The molecule has 1 N–H and O–H groups in total. The first-order valence-electron chi connectivity index (χ1n) is 13.4. The van der Waals surface area contributed by atoms with E-state index in [4.69, 9.17) is 9.47 Å². The number of methoxy groups -OCH3 is 2. The Kier molecular flexibility index (Phi) is 8.21. The van der Waals surface area contributed by atoms with E-state index in [1.807, 2.05) is 53.2 Å². The average Bonchev–Trinajstić information content (AvgIpc) is 3.42. The molecule has 5 aromatic rings. The maximum Gasteiger partial charge on any atom is 0.252 e. The van der Waals surface area contributed by atoms with Gasteiger partial charge in [0.1, 0.15) is 11.5 Å². The van der Waals surface area contributed by atoms with Crippen LogP contribution in [-0.2, 0) is 19.6 Å². The number of nitrogens with zero attached hydrogens (tertiary/aromatic N) is 5. The molecule has 0 bridgehead atoms. The summed E-state index contributed by atoms with van der Waals surface area (Å²) in [5.74, 6) is 2.30. The molecule has 40 heavy (non-hydrogen) atoms. The van der Waals surface area contributed by atoms with Crippen molar-refractivity contribution in [1.82, 2.24) is 30.1 Å². The van der Waals surface area contributed by atoms with Gasteiger partial charge in [-0.2, -0.15) is 0 Å². The van der Waals surface area contributed by atoms with Gasteiger partial charge in [0.25, 0.3) is 5.56 Å². The van der Waals surface area contributed by atoms with Crippen LogP contribution < -0.4 is 15.0 Å². The third-order valence-electron chi connectivity index (χ3n) is 7.18. The molecular formula is C31H34N6O3. The number of H-pyrrole nitrogens is 1. The van der Waals surface area contributed by atoms with Gasteiger partial charge in [0, 0.05) is 29.6 Å². The number of aromatic amines is 1. The first-order chi connectivity index (χ1) is 19.5. The molecule has 0 aliphatic rings. The summed E-state index contributed by atoms with van der Waals surface area (Å²) in [6, 6.07) is 23.8. The lowest BCUT2D eigenvalue weighted by atomic mass is 10.1. The first kappa shape index (κ1) is 27.1. The van der Waals surface area contributed by atoms with Crippen LogP contribution in [0.3, 0.4) is 0 Å². The highest BCUT2D eigenvalue weighted by molar-refractivity contribution is 5.80. The zero-order chi connectivity index (χ0) is 28.1. The first-order valence-corrected chi connectivity index (χ1v) is 13.4. The van der Waals surface area contributed by atoms with Crippen molar-refractivity contribution in [2.45, 2.75) is 45.9 Å². The Balaban J connectivity index is 1.50. The number of nitrogens with one attached hydrogen (secondary N) is 1. The number of aromatic nitrogens is 5. The number of hydrogen-bond donors (Lipinski definition) is 1. The van der Waals surface area contributed by atoms with Gasteiger partial charge in [0.2, 0.25) is 0 Å². The van der Waals surface area contributed by atoms with Crippen LogP contribution in [0, 0.1) is 6.92 Å². The van der Waals surface area contributed by atoms with Crippen LogP contribution in [0.25, 0.3) is 10.9 Å². The highest BCUT2D eigenvalue weighted by Crippen LogP contribution is 2.28. The van der Waals surface area contributed by atoms with Crippen molar-refractivity contribution in [3.05, 3.63) is 111 Å². The van der Waals surface area contributed by atoms with Crippen LogP contribution >= 0.6 is 0 Å². The number of benzene rings is 3. The second-order valence-electron chi connectivity index (χ2n) is 9.93. The molecule has 0 fully saturated rings. The molecule has 2 aromatic heterocycles. The Morgan fingerprint density at radius 1 is 0.900 bits per heavy atom. The van der Waals surface area contributed by atoms with Gasteiger partial charge in [-0.3, -0.25) is 9.69 Å². The molecule has 0 amide bonds. The molecule has 5 rings (SSSR count). The van der Waals surface area contributed by atoms with Crippen molar-refractivity contribution >= 4 is 10.9 Å². The molecular weight excluding hydrogens is 504 g/mol. The summed E-state index contributed by atoms with van der Waals surface area (Å²) in [5.41, 5.74) is 4.74. The number of ether oxygens (including phenoxy) is 2. The standard InChI is InChI=1S/C31H34N6O3/c1-5-29(30-33-34-35-37(30)19-23-10-12-26(39-3)13-11-23)36(18-22-8-6-21(2)7-9-22)20-25-16-24-17-27(40-4)14-15-28(24)32-31(25)38/h6-17,29H,5,18-20H2,1-4H3,(H,32,38)/t29-/m0/s1. The van der Waals surface area contributed by atoms with Gasteiger partial charge in [-0.05, 0) is 71.3 Å². The zero-order valence-electron chi connectivity index (χ0n) is 23.3. The molecule has 0 radical (unpaired) electrons. The van der Waals surface area contributed by atoms with Crippen LogP contribution in [0.1, 0.15) is 47.5 Å². The minimum atomic E-state index is -0.130. The number of tetrazole rings is 1. The van der Waals surface area contributed by atoms with Crippen molar-refractivity contribution in [3.8, 4) is 11.5 Å². The number of fused-ring (bicyclic) bond motifs is 1. The third-order valence-corrected chi connectivity index (χ3v) is 7.18. The summed E-state index contributed by atoms with van der Waals surface area (Å²) in [6.45, 7) is 5.77. The highest BCUT2D eigenvalue weighted by Gasteiger charge is 2.26. The largest absolute Gasteiger partial charge is 0.497 e. The topological polar surface area (TPSA) is 98.2 Å². The molecule has 9 nitrogen and oxygen atoms in total. The van der Waals surface area contributed by atoms with Gasteiger partial charge in [0.05, 0.1) is 26.8 Å². The lowest BCUT2D eigenvalue weighted by molar-refractivity contribution is 0.161. The second kappa shape index (κ2) is 12.1. The summed E-state index contributed by atoms with van der Waals surface area (Å²) in [7, 11) is 3.29. The van der Waals surface area contributed by atoms with E-state index in [0.29, 0.717) is 25.2 Å². The summed E-state index contributed by atoms with van der Waals surface area (Å²) in [4.78, 5) is 18.5. The van der Waals surface area contributed by atoms with Gasteiger partial charge in [-0.15, -0.1) is 5.10 Å². The van der Waals surface area contributed by atoms with Crippen LogP contribution in [0.2, 0.25) is 0 Å². The Labute approximate surface area is 233 Å². The summed E-state index contributed by atoms with van der Waals surface area (Å²) < 4.78 is 12.5. The summed E-state index contributed by atoms with van der Waals surface area (Å²) in [6.07, 6.45) is 0.758. The van der Waals surface area contributed by atoms with Crippen molar-refractivity contribution in [1.29, 1.82) is 0 Å². The van der Waals surface area contributed by atoms with E-state index in [9.17, 15) is 4.79 Å². The zero-order valence-corrected chi connectivity index (χ0v) is 23.3. The number of hydrogen-bond acceptors (Lipinski definition) is 7. The van der Waals surface area contributed by atoms with E-state index in [2.05, 4.69) is 63.5 Å². The normalized spacial score (nSPS) is 12.1. The Morgan fingerprint density at radius 2 is 1.60 bits per heavy atom. The van der Waals surface area contributed by atoms with Crippen molar-refractivity contribution in [2.75, 3.05) is 14.2 Å². The van der Waals surface area contributed by atoms with E-state index < -0.39 is 0 Å². The molecule has 0 aliphatic heterocycles. The fraction of sp³-hybridized carbons (Fsp3) is 0.290. The van der Waals surface area contributed by atoms with Gasteiger partial charge < -0.3 is 14.5 Å². The van der Waals surface area contributed by atoms with Crippen LogP contribution in [0.15, 0.2) is 77.6 Å². The monoisotopic (exact) mass is 538 g/mol. The van der Waals surface area contributed by atoms with Gasteiger partial charge in [0.15, 0.2) is 5.82 Å². The van der Waals surface area contributed by atoms with E-state index in [0.717, 1.165) is 45.8 Å². The lowest BCUT2D eigenvalue weighted by Crippen LogP contribution is -2.32. The van der Waals surface area contributed by atoms with Crippen LogP contribution in [0.5, 0.6) is 11.5 Å². The third kappa shape index (κ3) is 6.05. The van der Waals surface area contributed by atoms with E-state index >= 15 is 0 Å². The number of pyridine rings is 1. The Bertz CT molecular complexity index is 1630. The predicted molar refractivity (Wildman–Crippen MR) is 154 cm³/mol. The van der Waals surface area contributed by atoms with Crippen molar-refractivity contribution in [2.24, 2.45) is 0 Å². The molecule has 3 aromatic carbocycles. The van der Waals surface area contributed by atoms with E-state index in [-0.39, 0.29) is 11.6 Å². The van der Waals surface area contributed by atoms with Crippen LogP contribution in [0.4, 0.5) is 0 Å². The molecule has 0 saturated carbocycles. The molecule has 0 unspecified atom stereocenters. The van der Waals surface area contributed by atoms with Crippen molar-refractivity contribution in [3.63, 3.8) is 0 Å². The number of aryl methyl sites for hydroxylation is 1. The van der Waals surface area contributed by atoms with E-state index in [1.165, 1.54) is 5.56 Å². The van der Waals surface area contributed by atoms with E-state index in [1.54, 1.807) is 14.2 Å². The molecule has 1 atom stereocenters. The minimum Gasteiger partial charge on any atom is -0.497 e. The molecule has 206 valence electrons. The highest BCUT2D eigenvalue weighted by atomic mass is 16.5. The van der Waals surface area contributed by atoms with Gasteiger partial charge in [-0.25, -0.2) is 4.68 Å². The minimum absolute atomic E-state index is 0.112. The van der Waals surface area contributed by atoms with Gasteiger partial charge in [-0.1, -0.05) is 48.9 Å². The second-order valence-corrected chi connectivity index (χ2v) is 9.93. The molecule has 0 aliphatic carbocycles. The molecule has 9 heteroatoms. The molecule has 2 heterocycles. The van der Waals surface area contributed by atoms with Crippen molar-refractivity contribution < 1.29 is 9.47 Å². The maximum absolute atomic E-state index is 13.2. The van der Waals surface area contributed by atoms with Gasteiger partial charge >= 0.3 is 0 Å². The fourth-order valence-electron chi connectivity index (χ4n) is 4.97. The maximum atomic E-state index is 13.2. The lowest BCUT2D eigenvalue weighted by Gasteiger charge is -2.30. The predicted octanol–water partition coefficient (Wildman–Crippen LogP) is 5.04. The quantitative estimate of drug-likeness (QED) is 0.252. The number of rotatable bonds is 11. The Hall–Kier alpha value is -4.50. The molecule has 0 spiro atoms. The summed E-state index contributed by atoms with van der Waals surface area (Å²) >= 11 is 0.